The normalized spacial score (nSPS) is 19.1. The fraction of sp³-hybridized carbons (Fsp3) is 0.409. The SMILES string of the molecule is CCN1c2ccc(C=Nc3ccccc3OC)cc2[C@@H](C)CC1(C)C. The zero-order chi connectivity index (χ0) is 18.0. The Morgan fingerprint density at radius 2 is 2.00 bits per heavy atom. The van der Waals surface area contributed by atoms with Crippen molar-refractivity contribution in [3.63, 3.8) is 0 Å². The molecule has 1 atom stereocenters. The third-order valence-corrected chi connectivity index (χ3v) is 5.16. The molecule has 0 amide bonds. The minimum absolute atomic E-state index is 0.203. The molecule has 0 saturated heterocycles. The van der Waals surface area contributed by atoms with Gasteiger partial charge < -0.3 is 9.64 Å². The molecule has 3 heteroatoms. The third-order valence-electron chi connectivity index (χ3n) is 5.16. The fourth-order valence-electron chi connectivity index (χ4n) is 4.07. The predicted octanol–water partition coefficient (Wildman–Crippen LogP) is 5.56. The zero-order valence-corrected chi connectivity index (χ0v) is 15.9. The van der Waals surface area contributed by atoms with Gasteiger partial charge in [-0.25, -0.2) is 0 Å². The summed E-state index contributed by atoms with van der Waals surface area (Å²) in [5.41, 5.74) is 4.97. The second-order valence-corrected chi connectivity index (χ2v) is 7.41. The molecule has 3 rings (SSSR count). The Bertz CT molecular complexity index is 779. The predicted molar refractivity (Wildman–Crippen MR) is 107 cm³/mol. The molecule has 0 spiro atoms. The molecular weight excluding hydrogens is 308 g/mol. The van der Waals surface area contributed by atoms with Crippen LogP contribution in [0.15, 0.2) is 47.5 Å². The Morgan fingerprint density at radius 1 is 1.24 bits per heavy atom. The van der Waals surface area contributed by atoms with Gasteiger partial charge in [-0.3, -0.25) is 4.99 Å². The van der Waals surface area contributed by atoms with Gasteiger partial charge in [-0.2, -0.15) is 0 Å². The topological polar surface area (TPSA) is 24.8 Å². The van der Waals surface area contributed by atoms with E-state index in [0.717, 1.165) is 23.5 Å². The van der Waals surface area contributed by atoms with E-state index < -0.39 is 0 Å². The Hall–Kier alpha value is -2.29. The van der Waals surface area contributed by atoms with E-state index in [4.69, 9.17) is 4.74 Å². The van der Waals surface area contributed by atoms with Crippen LogP contribution in [-0.2, 0) is 0 Å². The molecule has 1 heterocycles. The van der Waals surface area contributed by atoms with Crippen molar-refractivity contribution in [1.29, 1.82) is 0 Å². The summed E-state index contributed by atoms with van der Waals surface area (Å²) in [4.78, 5) is 7.14. The molecule has 2 aromatic carbocycles. The molecular formula is C22H28N2O. The highest BCUT2D eigenvalue weighted by molar-refractivity contribution is 5.84. The molecule has 0 unspecified atom stereocenters. The van der Waals surface area contributed by atoms with E-state index in [1.165, 1.54) is 17.7 Å². The zero-order valence-electron chi connectivity index (χ0n) is 15.9. The van der Waals surface area contributed by atoms with Crippen LogP contribution in [0.2, 0.25) is 0 Å². The second kappa shape index (κ2) is 6.91. The van der Waals surface area contributed by atoms with Crippen LogP contribution in [0.4, 0.5) is 11.4 Å². The molecule has 1 aliphatic rings. The van der Waals surface area contributed by atoms with Crippen LogP contribution in [0, 0.1) is 0 Å². The van der Waals surface area contributed by atoms with E-state index >= 15 is 0 Å². The first-order chi connectivity index (χ1) is 12.0. The number of hydrogen-bond donors (Lipinski definition) is 0. The Balaban J connectivity index is 1.94. The Labute approximate surface area is 151 Å². The first-order valence-electron chi connectivity index (χ1n) is 9.05. The fourth-order valence-corrected chi connectivity index (χ4v) is 4.07. The summed E-state index contributed by atoms with van der Waals surface area (Å²) in [6.07, 6.45) is 3.10. The van der Waals surface area contributed by atoms with E-state index in [0.29, 0.717) is 5.92 Å². The number of para-hydroxylation sites is 2. The molecule has 0 fully saturated rings. The highest BCUT2D eigenvalue weighted by atomic mass is 16.5. The summed E-state index contributed by atoms with van der Waals surface area (Å²) in [6, 6.07) is 14.5. The Morgan fingerprint density at radius 3 is 2.72 bits per heavy atom. The smallest absolute Gasteiger partial charge is 0.144 e. The first kappa shape index (κ1) is 17.5. The molecule has 0 saturated carbocycles. The maximum Gasteiger partial charge on any atom is 0.144 e. The van der Waals surface area contributed by atoms with Gasteiger partial charge in [0.2, 0.25) is 0 Å². The van der Waals surface area contributed by atoms with Crippen LogP contribution in [0.5, 0.6) is 5.75 Å². The number of methoxy groups -OCH3 is 1. The van der Waals surface area contributed by atoms with E-state index in [1.807, 2.05) is 30.5 Å². The molecule has 0 bridgehead atoms. The van der Waals surface area contributed by atoms with Gasteiger partial charge in [0.1, 0.15) is 11.4 Å². The number of nitrogens with zero attached hydrogens (tertiary/aromatic N) is 2. The number of hydrogen-bond acceptors (Lipinski definition) is 3. The summed E-state index contributed by atoms with van der Waals surface area (Å²) in [5.74, 6) is 1.34. The third kappa shape index (κ3) is 3.41. The average Bonchev–Trinajstić information content (AvgIpc) is 2.60. The lowest BCUT2D eigenvalue weighted by Crippen LogP contribution is -2.48. The maximum absolute atomic E-state index is 5.37. The van der Waals surface area contributed by atoms with Crippen LogP contribution in [0.3, 0.4) is 0 Å². The minimum atomic E-state index is 0.203. The second-order valence-electron chi connectivity index (χ2n) is 7.41. The summed E-state index contributed by atoms with van der Waals surface area (Å²) in [5, 5.41) is 0. The van der Waals surface area contributed by atoms with Gasteiger partial charge in [-0.05, 0) is 68.5 Å². The number of rotatable bonds is 4. The van der Waals surface area contributed by atoms with E-state index in [2.05, 4.69) is 55.8 Å². The van der Waals surface area contributed by atoms with E-state index in [1.54, 1.807) is 7.11 Å². The lowest BCUT2D eigenvalue weighted by atomic mass is 9.79. The van der Waals surface area contributed by atoms with Crippen LogP contribution in [0.1, 0.15) is 51.2 Å². The molecule has 1 aliphatic heterocycles. The molecule has 132 valence electrons. The number of aliphatic imine (C=N–C) groups is 1. The van der Waals surface area contributed by atoms with Gasteiger partial charge in [0.05, 0.1) is 7.11 Å². The standard InChI is InChI=1S/C22H28N2O/c1-6-24-20-12-11-17(13-18(20)16(2)14-22(24,3)4)15-23-19-9-7-8-10-21(19)25-5/h7-13,15-16H,6,14H2,1-5H3/t16-/m0/s1. The van der Waals surface area contributed by atoms with Gasteiger partial charge in [0.15, 0.2) is 0 Å². The van der Waals surface area contributed by atoms with Crippen molar-refractivity contribution >= 4 is 17.6 Å². The minimum Gasteiger partial charge on any atom is -0.494 e. The van der Waals surface area contributed by atoms with Crippen molar-refractivity contribution in [2.75, 3.05) is 18.6 Å². The van der Waals surface area contributed by atoms with Crippen molar-refractivity contribution in [2.24, 2.45) is 4.99 Å². The summed E-state index contributed by atoms with van der Waals surface area (Å²) < 4.78 is 5.37. The lowest BCUT2D eigenvalue weighted by Gasteiger charge is -2.47. The average molecular weight is 336 g/mol. The number of benzene rings is 2. The van der Waals surface area contributed by atoms with Crippen molar-refractivity contribution in [1.82, 2.24) is 0 Å². The molecule has 0 N–H and O–H groups in total. The van der Waals surface area contributed by atoms with E-state index in [-0.39, 0.29) is 5.54 Å². The van der Waals surface area contributed by atoms with Gasteiger partial charge in [0.25, 0.3) is 0 Å². The van der Waals surface area contributed by atoms with E-state index in [9.17, 15) is 0 Å². The van der Waals surface area contributed by atoms with Crippen molar-refractivity contribution in [3.05, 3.63) is 53.6 Å². The molecule has 3 nitrogen and oxygen atoms in total. The van der Waals surface area contributed by atoms with Crippen molar-refractivity contribution in [2.45, 2.75) is 45.6 Å². The van der Waals surface area contributed by atoms with Gasteiger partial charge >= 0.3 is 0 Å². The van der Waals surface area contributed by atoms with Crippen molar-refractivity contribution < 1.29 is 4.74 Å². The van der Waals surface area contributed by atoms with Crippen molar-refractivity contribution in [3.8, 4) is 5.75 Å². The quantitative estimate of drug-likeness (QED) is 0.683. The molecule has 0 aromatic heterocycles. The van der Waals surface area contributed by atoms with Gasteiger partial charge in [-0.15, -0.1) is 0 Å². The summed E-state index contributed by atoms with van der Waals surface area (Å²) in [7, 11) is 1.68. The molecule has 0 aliphatic carbocycles. The molecule has 2 aromatic rings. The lowest BCUT2D eigenvalue weighted by molar-refractivity contribution is 0.381. The Kier molecular flexibility index (Phi) is 4.85. The van der Waals surface area contributed by atoms with Gasteiger partial charge in [-0.1, -0.05) is 25.1 Å². The molecule has 0 radical (unpaired) electrons. The summed E-state index contributed by atoms with van der Waals surface area (Å²) >= 11 is 0. The maximum atomic E-state index is 5.37. The molecule has 25 heavy (non-hydrogen) atoms. The van der Waals surface area contributed by atoms with Gasteiger partial charge in [0, 0.05) is 24.0 Å². The highest BCUT2D eigenvalue weighted by Gasteiger charge is 2.35. The summed E-state index contributed by atoms with van der Waals surface area (Å²) in [6.45, 7) is 10.3. The monoisotopic (exact) mass is 336 g/mol. The number of fused-ring (bicyclic) bond motifs is 1. The van der Waals surface area contributed by atoms with Crippen LogP contribution >= 0.6 is 0 Å². The van der Waals surface area contributed by atoms with Crippen LogP contribution in [0.25, 0.3) is 0 Å². The highest BCUT2D eigenvalue weighted by Crippen LogP contribution is 2.43. The van der Waals surface area contributed by atoms with Crippen LogP contribution < -0.4 is 9.64 Å². The number of anilines is 1. The van der Waals surface area contributed by atoms with Crippen LogP contribution in [-0.4, -0.2) is 25.4 Å². The first-order valence-corrected chi connectivity index (χ1v) is 9.05. The number of ether oxygens (including phenoxy) is 1. The largest absolute Gasteiger partial charge is 0.494 e.